The number of aliphatic carboxylic acids is 1. The smallest absolute Gasteiger partial charge is 0.329 e. The fraction of sp³-hybridized carbons (Fsp3) is 0.533. The molecule has 6 heteroatoms. The highest BCUT2D eigenvalue weighted by Gasteiger charge is 2.43. The van der Waals surface area contributed by atoms with Crippen molar-refractivity contribution in [1.82, 2.24) is 10.3 Å². The van der Waals surface area contributed by atoms with Crippen LogP contribution in [0.1, 0.15) is 43.0 Å². The maximum Gasteiger partial charge on any atom is 0.329 e. The summed E-state index contributed by atoms with van der Waals surface area (Å²) >= 11 is 1.37. The third-order valence-electron chi connectivity index (χ3n) is 3.97. The maximum atomic E-state index is 12.5. The molecular weight excluding hydrogens is 288 g/mol. The molecule has 1 aromatic heterocycles. The lowest BCUT2D eigenvalue weighted by Gasteiger charge is -2.37. The first-order valence-electron chi connectivity index (χ1n) is 7.03. The van der Waals surface area contributed by atoms with Crippen LogP contribution in [0.15, 0.2) is 23.4 Å². The quantitative estimate of drug-likeness (QED) is 0.836. The highest BCUT2D eigenvalue weighted by atomic mass is 32.2. The summed E-state index contributed by atoms with van der Waals surface area (Å²) in [5, 5.41) is 13.0. The van der Waals surface area contributed by atoms with Crippen LogP contribution in [0.3, 0.4) is 0 Å². The van der Waals surface area contributed by atoms with Crippen LogP contribution in [0.25, 0.3) is 0 Å². The van der Waals surface area contributed by atoms with Crippen molar-refractivity contribution in [3.05, 3.63) is 23.9 Å². The first-order chi connectivity index (χ1) is 9.98. The van der Waals surface area contributed by atoms with Gasteiger partial charge in [0.1, 0.15) is 10.6 Å². The summed E-state index contributed by atoms with van der Waals surface area (Å²) in [5.74, 6) is -1.01. The van der Waals surface area contributed by atoms with Crippen LogP contribution in [0.4, 0.5) is 0 Å². The molecule has 2 N–H and O–H groups in total. The Balaban J connectivity index is 2.25. The summed E-state index contributed by atoms with van der Waals surface area (Å²) in [6.45, 7) is 2.03. The molecule has 0 spiro atoms. The molecule has 5 nitrogen and oxygen atoms in total. The molecule has 2 atom stereocenters. The first-order valence-corrected chi connectivity index (χ1v) is 8.26. The Labute approximate surface area is 128 Å². The standard InChI is InChI=1S/C15H20N2O3S/c1-10-5-3-7-15(9-10,14(19)20)17-12(18)11-6-4-8-16-13(11)21-2/h4,6,8,10H,3,5,7,9H2,1-2H3,(H,17,18)(H,19,20). The number of carbonyl (C=O) groups is 2. The van der Waals surface area contributed by atoms with Crippen molar-refractivity contribution in [3.8, 4) is 0 Å². The van der Waals surface area contributed by atoms with Crippen molar-refractivity contribution < 1.29 is 14.7 Å². The van der Waals surface area contributed by atoms with Crippen molar-refractivity contribution in [1.29, 1.82) is 0 Å². The maximum absolute atomic E-state index is 12.5. The number of rotatable bonds is 4. The summed E-state index contributed by atoms with van der Waals surface area (Å²) < 4.78 is 0. The number of carbonyl (C=O) groups excluding carboxylic acids is 1. The minimum atomic E-state index is -1.15. The van der Waals surface area contributed by atoms with Crippen molar-refractivity contribution in [2.24, 2.45) is 5.92 Å². The van der Waals surface area contributed by atoms with Crippen LogP contribution in [-0.2, 0) is 4.79 Å². The van der Waals surface area contributed by atoms with E-state index in [1.165, 1.54) is 11.8 Å². The zero-order chi connectivity index (χ0) is 15.5. The number of aromatic nitrogens is 1. The van der Waals surface area contributed by atoms with Crippen LogP contribution in [0, 0.1) is 5.92 Å². The molecule has 2 rings (SSSR count). The van der Waals surface area contributed by atoms with Gasteiger partial charge >= 0.3 is 5.97 Å². The van der Waals surface area contributed by atoms with Gasteiger partial charge in [0, 0.05) is 6.20 Å². The van der Waals surface area contributed by atoms with E-state index in [0.717, 1.165) is 12.8 Å². The Bertz CT molecular complexity index is 549. The monoisotopic (exact) mass is 308 g/mol. The largest absolute Gasteiger partial charge is 0.480 e. The van der Waals surface area contributed by atoms with Crippen molar-refractivity contribution >= 4 is 23.6 Å². The number of pyridine rings is 1. The van der Waals surface area contributed by atoms with Crippen LogP contribution >= 0.6 is 11.8 Å². The summed E-state index contributed by atoms with van der Waals surface area (Å²) in [6.07, 6.45) is 6.24. The van der Waals surface area contributed by atoms with Gasteiger partial charge in [-0.3, -0.25) is 4.79 Å². The number of nitrogens with one attached hydrogen (secondary N) is 1. The predicted octanol–water partition coefficient (Wildman–Crippen LogP) is 2.57. The van der Waals surface area contributed by atoms with Crippen molar-refractivity contribution in [2.75, 3.05) is 6.26 Å². The topological polar surface area (TPSA) is 79.3 Å². The van der Waals surface area contributed by atoms with E-state index in [2.05, 4.69) is 10.3 Å². The third-order valence-corrected chi connectivity index (χ3v) is 4.68. The van der Waals surface area contributed by atoms with Gasteiger partial charge in [0.2, 0.25) is 0 Å². The summed E-state index contributed by atoms with van der Waals surface area (Å²) in [7, 11) is 0. The van der Waals surface area contributed by atoms with Crippen LogP contribution in [0.2, 0.25) is 0 Å². The minimum Gasteiger partial charge on any atom is -0.480 e. The lowest BCUT2D eigenvalue weighted by Crippen LogP contribution is -2.56. The van der Waals surface area contributed by atoms with Crippen LogP contribution < -0.4 is 5.32 Å². The zero-order valence-corrected chi connectivity index (χ0v) is 13.1. The summed E-state index contributed by atoms with van der Waals surface area (Å²) in [5.41, 5.74) is -0.718. The van der Waals surface area contributed by atoms with Crippen molar-refractivity contribution in [3.63, 3.8) is 0 Å². The molecule has 1 amide bonds. The average Bonchev–Trinajstić information content (AvgIpc) is 2.47. The molecule has 0 radical (unpaired) electrons. The van der Waals surface area contributed by atoms with Gasteiger partial charge in [-0.1, -0.05) is 19.8 Å². The van der Waals surface area contributed by atoms with Gasteiger partial charge in [-0.2, -0.15) is 0 Å². The Morgan fingerprint density at radius 3 is 2.90 bits per heavy atom. The zero-order valence-electron chi connectivity index (χ0n) is 12.3. The average molecular weight is 308 g/mol. The van der Waals surface area contributed by atoms with Crippen LogP contribution in [0.5, 0.6) is 0 Å². The van der Waals surface area contributed by atoms with E-state index in [4.69, 9.17) is 0 Å². The Kier molecular flexibility index (Phi) is 4.88. The van der Waals surface area contributed by atoms with E-state index in [9.17, 15) is 14.7 Å². The molecule has 1 fully saturated rings. The predicted molar refractivity (Wildman–Crippen MR) is 81.5 cm³/mol. The SMILES string of the molecule is CSc1ncccc1C(=O)NC1(C(=O)O)CCCC(C)C1. The number of carboxylic acids is 1. The minimum absolute atomic E-state index is 0.295. The Hall–Kier alpha value is -1.56. The number of thioether (sulfide) groups is 1. The normalized spacial score (nSPS) is 25.3. The number of hydrogen-bond donors (Lipinski definition) is 2. The second kappa shape index (κ2) is 6.47. The van der Waals surface area contributed by atoms with Crippen LogP contribution in [-0.4, -0.2) is 33.8 Å². The van der Waals surface area contributed by atoms with E-state index in [1.54, 1.807) is 18.3 Å². The first kappa shape index (κ1) is 15.8. The van der Waals surface area contributed by atoms with E-state index in [0.29, 0.717) is 29.3 Å². The molecule has 1 aromatic rings. The van der Waals surface area contributed by atoms with Gasteiger partial charge in [0.15, 0.2) is 0 Å². The van der Waals surface area contributed by atoms with E-state index < -0.39 is 11.5 Å². The fourth-order valence-corrected chi connectivity index (χ4v) is 3.47. The molecule has 0 saturated heterocycles. The van der Waals surface area contributed by atoms with Gasteiger partial charge in [0.25, 0.3) is 5.91 Å². The molecular formula is C15H20N2O3S. The fourth-order valence-electron chi connectivity index (χ4n) is 2.92. The molecule has 1 aliphatic rings. The van der Waals surface area contributed by atoms with Gasteiger partial charge in [-0.25, -0.2) is 9.78 Å². The second-order valence-electron chi connectivity index (χ2n) is 5.60. The van der Waals surface area contributed by atoms with Gasteiger partial charge in [-0.15, -0.1) is 11.8 Å². The molecule has 1 saturated carbocycles. The number of nitrogens with zero attached hydrogens (tertiary/aromatic N) is 1. The van der Waals surface area contributed by atoms with E-state index in [1.807, 2.05) is 13.2 Å². The molecule has 0 bridgehead atoms. The van der Waals surface area contributed by atoms with E-state index >= 15 is 0 Å². The second-order valence-corrected chi connectivity index (χ2v) is 6.40. The lowest BCUT2D eigenvalue weighted by molar-refractivity contribution is -0.146. The molecule has 1 aliphatic carbocycles. The van der Waals surface area contributed by atoms with Gasteiger partial charge in [-0.05, 0) is 37.1 Å². The lowest BCUT2D eigenvalue weighted by atomic mass is 9.76. The molecule has 1 heterocycles. The Morgan fingerprint density at radius 2 is 2.29 bits per heavy atom. The molecule has 2 unspecified atom stereocenters. The number of carboxylic acid groups (broad SMARTS) is 1. The molecule has 21 heavy (non-hydrogen) atoms. The van der Waals surface area contributed by atoms with E-state index in [-0.39, 0.29) is 5.91 Å². The summed E-state index contributed by atoms with van der Waals surface area (Å²) in [6, 6.07) is 3.36. The van der Waals surface area contributed by atoms with Gasteiger partial charge < -0.3 is 10.4 Å². The summed E-state index contributed by atoms with van der Waals surface area (Å²) in [4.78, 5) is 28.3. The highest BCUT2D eigenvalue weighted by molar-refractivity contribution is 7.98. The number of hydrogen-bond acceptors (Lipinski definition) is 4. The highest BCUT2D eigenvalue weighted by Crippen LogP contribution is 2.33. The molecule has 0 aromatic carbocycles. The third kappa shape index (κ3) is 3.37. The molecule has 0 aliphatic heterocycles. The Morgan fingerprint density at radius 1 is 1.52 bits per heavy atom. The number of amides is 1. The molecule has 114 valence electrons. The van der Waals surface area contributed by atoms with Gasteiger partial charge in [0.05, 0.1) is 5.56 Å². The van der Waals surface area contributed by atoms with Crippen molar-refractivity contribution in [2.45, 2.75) is 43.2 Å².